The molecule has 0 atom stereocenters. The van der Waals surface area contributed by atoms with Crippen LogP contribution in [0, 0.1) is 0 Å². The first-order valence-corrected chi connectivity index (χ1v) is 8.55. The zero-order valence-corrected chi connectivity index (χ0v) is 10.2. The van der Waals surface area contributed by atoms with Crippen LogP contribution in [0.3, 0.4) is 0 Å². The van der Waals surface area contributed by atoms with Crippen molar-refractivity contribution in [2.45, 2.75) is 26.8 Å². The second kappa shape index (κ2) is 5.80. The van der Waals surface area contributed by atoms with Crippen molar-refractivity contribution in [1.82, 2.24) is 0 Å². The van der Waals surface area contributed by atoms with Crippen molar-refractivity contribution in [2.75, 3.05) is 16.5 Å². The van der Waals surface area contributed by atoms with E-state index >= 15 is 0 Å². The summed E-state index contributed by atoms with van der Waals surface area (Å²) in [6, 6.07) is 0.372. The van der Waals surface area contributed by atoms with Crippen LogP contribution in [0.5, 0.6) is 0 Å². The van der Waals surface area contributed by atoms with Gasteiger partial charge in [0.15, 0.2) is 0 Å². The first-order valence-electron chi connectivity index (χ1n) is 3.79. The summed E-state index contributed by atoms with van der Waals surface area (Å²) in [5, 5.41) is 0. The normalized spacial score (nSPS) is 13.6. The van der Waals surface area contributed by atoms with Crippen LogP contribution in [0.25, 0.3) is 0 Å². The summed E-state index contributed by atoms with van der Waals surface area (Å²) in [5.41, 5.74) is 0. The number of alkyl halides is 2. The predicted molar refractivity (Wildman–Crippen MR) is 60.1 cm³/mol. The van der Waals surface area contributed by atoms with Gasteiger partial charge in [-0.1, -0.05) is 0 Å². The van der Waals surface area contributed by atoms with Gasteiger partial charge in [0.2, 0.25) is 0 Å². The Kier molecular flexibility index (Phi) is 5.91. The fourth-order valence-corrected chi connectivity index (χ4v) is 3.02. The van der Waals surface area contributed by atoms with Crippen molar-refractivity contribution in [3.63, 3.8) is 0 Å². The second-order valence-electron chi connectivity index (χ2n) is 2.54. The van der Waals surface area contributed by atoms with E-state index in [9.17, 15) is 0 Å². The second-order valence-corrected chi connectivity index (χ2v) is 8.35. The van der Waals surface area contributed by atoms with E-state index in [0.717, 1.165) is 3.90 Å². The van der Waals surface area contributed by atoms with Gasteiger partial charge < -0.3 is 0 Å². The van der Waals surface area contributed by atoms with E-state index in [-0.39, 0.29) is 0 Å². The maximum absolute atomic E-state index is 5.23. The van der Waals surface area contributed by atoms with E-state index in [1.807, 2.05) is 0 Å². The molecule has 0 radical (unpaired) electrons. The summed E-state index contributed by atoms with van der Waals surface area (Å²) < 4.78 is 7.51. The van der Waals surface area contributed by atoms with E-state index in [1.54, 1.807) is 7.11 Å². The van der Waals surface area contributed by atoms with Crippen LogP contribution in [-0.2, 0) is 4.74 Å². The van der Waals surface area contributed by atoms with Crippen molar-refractivity contribution >= 4 is 23.7 Å². The average molecular weight is 271 g/mol. The van der Waals surface area contributed by atoms with Gasteiger partial charge >= 0.3 is 76.7 Å². The summed E-state index contributed by atoms with van der Waals surface area (Å²) in [4.78, 5) is 6.72. The summed E-state index contributed by atoms with van der Waals surface area (Å²) in [7, 11) is 1.73. The summed E-state index contributed by atoms with van der Waals surface area (Å²) in [6.07, 6.45) is 0. The maximum atomic E-state index is 5.23. The number of rotatable bonds is 3. The van der Waals surface area contributed by atoms with Gasteiger partial charge in [-0.3, -0.25) is 0 Å². The molecule has 0 bridgehead atoms. The fraction of sp³-hybridized carbons (Fsp3) is 0.875. The summed E-state index contributed by atoms with van der Waals surface area (Å²) in [6.45, 7) is 6.37. The Labute approximate surface area is 76.8 Å². The average Bonchev–Trinajstić information content (AvgIpc) is 1.98. The van der Waals surface area contributed by atoms with Gasteiger partial charge in [0.25, 0.3) is 0 Å². The fourth-order valence-electron chi connectivity index (χ4n) is 0.585. The van der Waals surface area contributed by atoms with Crippen LogP contribution in [-0.4, -0.2) is 26.4 Å². The van der Waals surface area contributed by atoms with E-state index in [4.69, 9.17) is 4.74 Å². The third kappa shape index (κ3) is 4.61. The van der Waals surface area contributed by atoms with E-state index in [0.29, 0.717) is 6.04 Å². The number of hydrogen-bond donors (Lipinski definition) is 0. The van der Waals surface area contributed by atoms with Crippen LogP contribution in [0.4, 0.5) is 0 Å². The zero-order valence-electron chi connectivity index (χ0n) is 8.02. The Morgan fingerprint density at radius 1 is 1.55 bits per heavy atom. The summed E-state index contributed by atoms with van der Waals surface area (Å²) in [5.74, 6) is 0. The van der Waals surface area contributed by atoms with Crippen molar-refractivity contribution in [3.8, 4) is 0 Å². The van der Waals surface area contributed by atoms with Gasteiger partial charge in [-0.15, -0.1) is 0 Å². The first kappa shape index (κ1) is 11.2. The molecule has 0 aliphatic rings. The molecular formula is C8H18INO. The molecule has 0 aliphatic carbocycles. The first-order chi connectivity index (χ1) is 5.11. The molecular weight excluding hydrogens is 253 g/mol. The molecule has 0 heterocycles. The Morgan fingerprint density at radius 3 is 2.36 bits per heavy atom. The van der Waals surface area contributed by atoms with E-state index < -0.39 is 19.8 Å². The Morgan fingerprint density at radius 2 is 2.09 bits per heavy atom. The van der Waals surface area contributed by atoms with E-state index in [2.05, 4.69) is 30.7 Å². The molecule has 0 rings (SSSR count). The number of ether oxygens (including phenoxy) is 1. The zero-order chi connectivity index (χ0) is 8.85. The topological polar surface area (TPSA) is 21.6 Å². The molecule has 0 N–H and O–H groups in total. The molecule has 0 aliphatic heterocycles. The molecule has 0 fully saturated rings. The van der Waals surface area contributed by atoms with Crippen molar-refractivity contribution in [1.29, 1.82) is 0 Å². The monoisotopic (exact) mass is 271 g/mol. The third-order valence-corrected chi connectivity index (χ3v) is 5.79. The number of halogens is 1. The van der Waals surface area contributed by atoms with Gasteiger partial charge in [0.05, 0.1) is 0 Å². The molecule has 0 saturated carbocycles. The molecule has 11 heavy (non-hydrogen) atoms. The molecule has 2 nitrogen and oxygen atoms in total. The molecule has 68 valence electrons. The third-order valence-electron chi connectivity index (χ3n) is 1.21. The van der Waals surface area contributed by atoms with Gasteiger partial charge in [-0.05, 0) is 0 Å². The van der Waals surface area contributed by atoms with Crippen molar-refractivity contribution in [2.24, 2.45) is 4.99 Å². The Hall–Kier alpha value is 0.200. The Bertz CT molecular complexity index is 134. The van der Waals surface area contributed by atoms with Crippen LogP contribution in [0.15, 0.2) is 4.99 Å². The molecule has 0 aromatic heterocycles. The van der Waals surface area contributed by atoms with Gasteiger partial charge in [-0.2, -0.15) is 0 Å². The number of nitrogens with zero attached hydrogens (tertiary/aromatic N) is 1. The van der Waals surface area contributed by atoms with Crippen LogP contribution in [0.2, 0.25) is 0 Å². The molecule has 0 aromatic rings. The number of hydrogen-bond acceptors (Lipinski definition) is 2. The summed E-state index contributed by atoms with van der Waals surface area (Å²) >= 11 is -0.987. The molecule has 0 saturated heterocycles. The number of methoxy groups -OCH3 is 1. The van der Waals surface area contributed by atoms with Crippen LogP contribution in [0.1, 0.15) is 20.8 Å². The predicted octanol–water partition coefficient (Wildman–Crippen LogP) is 2.55. The van der Waals surface area contributed by atoms with Crippen LogP contribution < -0.4 is 0 Å². The minimum atomic E-state index is -0.987. The number of aliphatic imine (C=N–C) groups is 1. The van der Waals surface area contributed by atoms with E-state index in [1.165, 1.54) is 4.43 Å². The van der Waals surface area contributed by atoms with Crippen LogP contribution >= 0.6 is 19.8 Å². The van der Waals surface area contributed by atoms with Crippen molar-refractivity contribution in [3.05, 3.63) is 0 Å². The molecule has 0 amide bonds. The molecule has 0 spiro atoms. The SMILES string of the molecule is CCI(C)C(=NC(C)C)OC. The standard InChI is InChI=1S/C8H18INO/c1-6-9(4)8(11-5)10-7(2)3/h7H,6H2,1-5H3. The van der Waals surface area contributed by atoms with Gasteiger partial charge in [0, 0.05) is 0 Å². The quantitative estimate of drug-likeness (QED) is 0.334. The van der Waals surface area contributed by atoms with Crippen molar-refractivity contribution < 1.29 is 4.74 Å². The van der Waals surface area contributed by atoms with Gasteiger partial charge in [0.1, 0.15) is 0 Å². The Balaban J connectivity index is 4.14. The molecule has 0 aromatic carbocycles. The molecule has 0 unspecified atom stereocenters. The van der Waals surface area contributed by atoms with Gasteiger partial charge in [-0.25, -0.2) is 0 Å². The molecule has 3 heteroatoms. The minimum absolute atomic E-state index is 0.372.